The summed E-state index contributed by atoms with van der Waals surface area (Å²) in [4.78, 5) is 37.9. The molecule has 3 aromatic carbocycles. The SMILES string of the molecule is CCc1cc(=O)oc2cc(C)cc(OC(=O)[C@H](NC(=O)OCc3ccccc3)c3ccccc3)c12. The summed E-state index contributed by atoms with van der Waals surface area (Å²) in [5.41, 5.74) is 2.68. The molecule has 0 aliphatic rings. The summed E-state index contributed by atoms with van der Waals surface area (Å²) in [6.45, 7) is 3.77. The molecule has 35 heavy (non-hydrogen) atoms. The van der Waals surface area contributed by atoms with Crippen molar-refractivity contribution in [3.8, 4) is 5.75 Å². The Balaban J connectivity index is 1.61. The van der Waals surface area contributed by atoms with Crippen molar-refractivity contribution >= 4 is 23.0 Å². The first-order valence-corrected chi connectivity index (χ1v) is 11.3. The Hall–Kier alpha value is -4.39. The topological polar surface area (TPSA) is 94.8 Å². The molecule has 4 rings (SSSR count). The standard InChI is InChI=1S/C28H25NO6/c1-3-20-16-24(30)34-22-14-18(2)15-23(25(20)22)35-27(31)26(21-12-8-5-9-13-21)29-28(32)33-17-19-10-6-4-7-11-19/h4-16,26H,3,17H2,1-2H3,(H,29,32)/t26-/m1/s1. The van der Waals surface area contributed by atoms with Crippen molar-refractivity contribution in [3.05, 3.63) is 112 Å². The van der Waals surface area contributed by atoms with Gasteiger partial charge in [-0.1, -0.05) is 67.6 Å². The summed E-state index contributed by atoms with van der Waals surface area (Å²) in [7, 11) is 0. The molecule has 7 heteroatoms. The Bertz CT molecular complexity index is 1400. The lowest BCUT2D eigenvalue weighted by atomic mass is 10.0. The average molecular weight is 472 g/mol. The average Bonchev–Trinajstić information content (AvgIpc) is 2.86. The number of amides is 1. The van der Waals surface area contributed by atoms with Gasteiger partial charge in [0.15, 0.2) is 6.04 Å². The number of aryl methyl sites for hydroxylation is 2. The number of rotatable bonds is 7. The highest BCUT2D eigenvalue weighted by molar-refractivity contribution is 5.92. The molecule has 4 aromatic rings. The van der Waals surface area contributed by atoms with Crippen LogP contribution < -0.4 is 15.7 Å². The van der Waals surface area contributed by atoms with Crippen LogP contribution >= 0.6 is 0 Å². The number of alkyl carbamates (subject to hydrolysis) is 1. The molecule has 1 amide bonds. The van der Waals surface area contributed by atoms with Gasteiger partial charge in [-0.2, -0.15) is 0 Å². The second-order valence-electron chi connectivity index (χ2n) is 8.05. The zero-order valence-corrected chi connectivity index (χ0v) is 19.4. The predicted octanol–water partition coefficient (Wildman–Crippen LogP) is 5.24. The third-order valence-electron chi connectivity index (χ3n) is 5.47. The lowest BCUT2D eigenvalue weighted by Crippen LogP contribution is -2.36. The minimum atomic E-state index is -1.11. The first-order chi connectivity index (χ1) is 16.9. The van der Waals surface area contributed by atoms with Crippen LogP contribution in [0.15, 0.2) is 88.1 Å². The normalized spacial score (nSPS) is 11.6. The van der Waals surface area contributed by atoms with E-state index >= 15 is 0 Å². The van der Waals surface area contributed by atoms with Crippen LogP contribution in [0.4, 0.5) is 4.79 Å². The predicted molar refractivity (Wildman–Crippen MR) is 131 cm³/mol. The minimum absolute atomic E-state index is 0.0602. The van der Waals surface area contributed by atoms with Gasteiger partial charge in [0, 0.05) is 6.07 Å². The van der Waals surface area contributed by atoms with Crippen LogP contribution in [0.1, 0.15) is 35.2 Å². The van der Waals surface area contributed by atoms with E-state index in [1.54, 1.807) is 36.4 Å². The fourth-order valence-corrected chi connectivity index (χ4v) is 3.80. The maximum atomic E-state index is 13.4. The molecule has 0 spiro atoms. The summed E-state index contributed by atoms with van der Waals surface area (Å²) in [5, 5.41) is 3.16. The van der Waals surface area contributed by atoms with Crippen molar-refractivity contribution in [3.63, 3.8) is 0 Å². The summed E-state index contributed by atoms with van der Waals surface area (Å²) >= 11 is 0. The van der Waals surface area contributed by atoms with Gasteiger partial charge in [-0.15, -0.1) is 0 Å². The van der Waals surface area contributed by atoms with Crippen LogP contribution in [-0.4, -0.2) is 12.1 Å². The van der Waals surface area contributed by atoms with Gasteiger partial charge in [-0.3, -0.25) is 0 Å². The van der Waals surface area contributed by atoms with Crippen molar-refractivity contribution in [2.45, 2.75) is 32.9 Å². The van der Waals surface area contributed by atoms with E-state index in [9.17, 15) is 14.4 Å². The van der Waals surface area contributed by atoms with Crippen LogP contribution in [-0.2, 0) is 22.6 Å². The van der Waals surface area contributed by atoms with E-state index in [0.717, 1.165) is 11.1 Å². The molecule has 0 aliphatic heterocycles. The van der Waals surface area contributed by atoms with Crippen molar-refractivity contribution in [2.75, 3.05) is 0 Å². The molecular weight excluding hydrogens is 446 g/mol. The minimum Gasteiger partial charge on any atom is -0.445 e. The van der Waals surface area contributed by atoms with Crippen LogP contribution in [0.2, 0.25) is 0 Å². The molecule has 178 valence electrons. The Morgan fingerprint density at radius 3 is 2.34 bits per heavy atom. The van der Waals surface area contributed by atoms with Gasteiger partial charge >= 0.3 is 17.7 Å². The number of benzene rings is 3. The zero-order chi connectivity index (χ0) is 24.8. The largest absolute Gasteiger partial charge is 0.445 e. The van der Waals surface area contributed by atoms with Crippen LogP contribution in [0.25, 0.3) is 11.0 Å². The van der Waals surface area contributed by atoms with E-state index in [1.165, 1.54) is 6.07 Å². The van der Waals surface area contributed by atoms with E-state index in [1.807, 2.05) is 50.2 Å². The van der Waals surface area contributed by atoms with E-state index in [2.05, 4.69) is 5.32 Å². The molecule has 0 aliphatic carbocycles. The molecule has 1 N–H and O–H groups in total. The summed E-state index contributed by atoms with van der Waals surface area (Å²) in [6, 6.07) is 21.7. The summed E-state index contributed by atoms with van der Waals surface area (Å²) in [5.74, 6) is -0.445. The van der Waals surface area contributed by atoms with E-state index < -0.39 is 23.7 Å². The number of ether oxygens (including phenoxy) is 2. The van der Waals surface area contributed by atoms with Crippen LogP contribution in [0.3, 0.4) is 0 Å². The number of hydrogen-bond acceptors (Lipinski definition) is 6. The molecule has 0 fully saturated rings. The number of carbonyl (C=O) groups excluding carboxylic acids is 2. The molecular formula is C28H25NO6. The smallest absolute Gasteiger partial charge is 0.408 e. The van der Waals surface area contributed by atoms with Gasteiger partial charge in [0.2, 0.25) is 0 Å². The molecule has 0 radical (unpaired) electrons. The Morgan fingerprint density at radius 1 is 0.971 bits per heavy atom. The lowest BCUT2D eigenvalue weighted by molar-refractivity contribution is -0.136. The third-order valence-corrected chi connectivity index (χ3v) is 5.47. The Kier molecular flexibility index (Phi) is 7.26. The van der Waals surface area contributed by atoms with Gasteiger partial charge in [0.1, 0.15) is 17.9 Å². The van der Waals surface area contributed by atoms with Gasteiger partial charge in [0.05, 0.1) is 5.39 Å². The molecule has 1 heterocycles. The second-order valence-corrected chi connectivity index (χ2v) is 8.05. The van der Waals surface area contributed by atoms with Gasteiger partial charge in [0.25, 0.3) is 0 Å². The van der Waals surface area contributed by atoms with Crippen molar-refractivity contribution in [2.24, 2.45) is 0 Å². The molecule has 1 atom stereocenters. The first-order valence-electron chi connectivity index (χ1n) is 11.3. The highest BCUT2D eigenvalue weighted by Crippen LogP contribution is 2.31. The number of carbonyl (C=O) groups is 2. The van der Waals surface area contributed by atoms with Crippen molar-refractivity contribution < 1.29 is 23.5 Å². The molecule has 0 bridgehead atoms. The second kappa shape index (κ2) is 10.7. The summed E-state index contributed by atoms with van der Waals surface area (Å²) < 4.78 is 16.5. The Labute approximate surface area is 202 Å². The third kappa shape index (κ3) is 5.76. The highest BCUT2D eigenvalue weighted by atomic mass is 16.6. The van der Waals surface area contributed by atoms with Gasteiger partial charge in [-0.25, -0.2) is 14.4 Å². The fraction of sp³-hybridized carbons (Fsp3) is 0.179. The summed E-state index contributed by atoms with van der Waals surface area (Å²) in [6.07, 6.45) is -0.212. The number of fused-ring (bicyclic) bond motifs is 1. The fourth-order valence-electron chi connectivity index (χ4n) is 3.80. The van der Waals surface area contributed by atoms with Crippen LogP contribution in [0, 0.1) is 6.92 Å². The lowest BCUT2D eigenvalue weighted by Gasteiger charge is -2.19. The molecule has 1 aromatic heterocycles. The van der Waals surface area contributed by atoms with Crippen molar-refractivity contribution in [1.82, 2.24) is 5.32 Å². The van der Waals surface area contributed by atoms with Gasteiger partial charge in [-0.05, 0) is 47.7 Å². The Morgan fingerprint density at radius 2 is 1.66 bits per heavy atom. The molecule has 7 nitrogen and oxygen atoms in total. The molecule has 0 unspecified atom stereocenters. The van der Waals surface area contributed by atoms with Crippen molar-refractivity contribution in [1.29, 1.82) is 0 Å². The quantitative estimate of drug-likeness (QED) is 0.225. The number of esters is 1. The maximum Gasteiger partial charge on any atom is 0.408 e. The highest BCUT2D eigenvalue weighted by Gasteiger charge is 2.27. The monoisotopic (exact) mass is 471 g/mol. The van der Waals surface area contributed by atoms with E-state index in [4.69, 9.17) is 13.9 Å². The maximum absolute atomic E-state index is 13.4. The number of nitrogens with one attached hydrogen (secondary N) is 1. The van der Waals surface area contributed by atoms with E-state index in [0.29, 0.717) is 28.5 Å². The van der Waals surface area contributed by atoms with E-state index in [-0.39, 0.29) is 12.4 Å². The van der Waals surface area contributed by atoms with Gasteiger partial charge < -0.3 is 19.2 Å². The molecule has 0 saturated carbocycles. The van der Waals surface area contributed by atoms with Crippen LogP contribution in [0.5, 0.6) is 5.75 Å². The first kappa shape index (κ1) is 23.8. The number of hydrogen-bond donors (Lipinski definition) is 1. The molecule has 0 saturated heterocycles. The zero-order valence-electron chi connectivity index (χ0n) is 19.4.